The Morgan fingerprint density at radius 2 is 0.750 bits per heavy atom. The van der Waals surface area contributed by atoms with E-state index in [1.165, 1.54) is 32.4 Å². The molecule has 0 bridgehead atoms. The monoisotopic (exact) mass is 512 g/mol. The van der Waals surface area contributed by atoms with Gasteiger partial charge in [-0.3, -0.25) is 0 Å². The van der Waals surface area contributed by atoms with Crippen molar-refractivity contribution in [1.29, 1.82) is 0 Å². The zero-order chi connectivity index (χ0) is 24.5. The highest BCUT2D eigenvalue weighted by Crippen LogP contribution is 2.52. The third-order valence-corrected chi connectivity index (χ3v) is 12.7. The van der Waals surface area contributed by atoms with Gasteiger partial charge in [-0.25, -0.2) is 0 Å². The van der Waals surface area contributed by atoms with Crippen molar-refractivity contribution in [2.45, 2.75) is 69.6 Å². The van der Waals surface area contributed by atoms with Gasteiger partial charge in [-0.05, 0) is 48.5 Å². The maximum Gasteiger partial charge on any atom is 0.203 e. The summed E-state index contributed by atoms with van der Waals surface area (Å²) in [6.07, 6.45) is 4.70. The van der Waals surface area contributed by atoms with Crippen LogP contribution in [0.1, 0.15) is 39.5 Å². The van der Waals surface area contributed by atoms with Gasteiger partial charge >= 0.3 is 0 Å². The van der Waals surface area contributed by atoms with Gasteiger partial charge in [-0.2, -0.15) is 0 Å². The molecule has 6 rings (SSSR count). The number of ether oxygens (including phenoxy) is 2. The molecule has 4 aromatic carbocycles. The molecule has 4 heteroatoms. The van der Waals surface area contributed by atoms with Crippen molar-refractivity contribution in [1.82, 2.24) is 0 Å². The molecule has 0 saturated heterocycles. The molecule has 0 amide bonds. The summed E-state index contributed by atoms with van der Waals surface area (Å²) in [6.45, 7) is 4.68. The lowest BCUT2D eigenvalue weighted by molar-refractivity contribution is 0.449. The summed E-state index contributed by atoms with van der Waals surface area (Å²) in [5.74, 6) is 4.08. The molecule has 2 aliphatic heterocycles. The van der Waals surface area contributed by atoms with Gasteiger partial charge in [0.1, 0.15) is 0 Å². The Kier molecular flexibility index (Phi) is 6.73. The minimum atomic E-state index is -0.0779. The van der Waals surface area contributed by atoms with Crippen LogP contribution >= 0.6 is 0 Å². The molecular weight excluding hydrogens is 480 g/mol. The third-order valence-electron chi connectivity index (χ3n) is 6.95. The van der Waals surface area contributed by atoms with Crippen molar-refractivity contribution >= 4 is 21.8 Å². The van der Waals surface area contributed by atoms with Crippen LogP contribution in [0.25, 0.3) is 0 Å². The average Bonchev–Trinajstić information content (AvgIpc) is 2.92. The highest BCUT2D eigenvalue weighted by atomic mass is 32.2. The molecule has 0 spiro atoms. The second-order valence-corrected chi connectivity index (χ2v) is 13.6. The van der Waals surface area contributed by atoms with Crippen LogP contribution in [0.2, 0.25) is 0 Å². The molecule has 2 aliphatic rings. The molecule has 0 unspecified atom stereocenters. The summed E-state index contributed by atoms with van der Waals surface area (Å²) in [5, 5.41) is 1.01. The van der Waals surface area contributed by atoms with E-state index < -0.39 is 0 Å². The fourth-order valence-electron chi connectivity index (χ4n) is 5.47. The number of benzene rings is 4. The van der Waals surface area contributed by atoms with Crippen LogP contribution in [0.3, 0.4) is 0 Å². The lowest BCUT2D eigenvalue weighted by Gasteiger charge is -2.31. The van der Waals surface area contributed by atoms with Crippen LogP contribution in [0.5, 0.6) is 23.0 Å². The molecule has 0 aliphatic carbocycles. The van der Waals surface area contributed by atoms with E-state index in [0.29, 0.717) is 10.5 Å². The van der Waals surface area contributed by atoms with Gasteiger partial charge < -0.3 is 9.47 Å². The largest absolute Gasteiger partial charge is 0.447 e. The van der Waals surface area contributed by atoms with E-state index in [1.807, 2.05) is 0 Å². The minimum absolute atomic E-state index is 0.0779. The van der Waals surface area contributed by atoms with Crippen LogP contribution in [-0.4, -0.2) is 10.5 Å². The van der Waals surface area contributed by atoms with E-state index >= 15 is 0 Å². The first kappa shape index (κ1) is 23.6. The van der Waals surface area contributed by atoms with Crippen LogP contribution < -0.4 is 9.47 Å². The SMILES string of the molecule is CCC[C@@H]([C@H](CCC)[S+]1c2ccccc2Oc2ccccc21)[S+]1c2ccccc2Oc2ccccc21. The van der Waals surface area contributed by atoms with Crippen molar-refractivity contribution in [3.8, 4) is 23.0 Å². The predicted octanol–water partition coefficient (Wildman–Crippen LogP) is 9.01. The third kappa shape index (κ3) is 4.10. The Morgan fingerprint density at radius 3 is 1.03 bits per heavy atom. The lowest BCUT2D eigenvalue weighted by Crippen LogP contribution is -2.41. The van der Waals surface area contributed by atoms with E-state index in [0.717, 1.165) is 35.8 Å². The molecule has 36 heavy (non-hydrogen) atoms. The van der Waals surface area contributed by atoms with E-state index in [4.69, 9.17) is 9.47 Å². The minimum Gasteiger partial charge on any atom is -0.447 e. The van der Waals surface area contributed by atoms with Crippen LogP contribution in [-0.2, 0) is 21.8 Å². The van der Waals surface area contributed by atoms with Crippen LogP contribution in [0.4, 0.5) is 0 Å². The van der Waals surface area contributed by atoms with Gasteiger partial charge in [-0.1, -0.05) is 75.2 Å². The van der Waals surface area contributed by atoms with Gasteiger partial charge in [0, 0.05) is 12.8 Å². The molecule has 0 aromatic heterocycles. The molecule has 0 radical (unpaired) electrons. The molecule has 2 nitrogen and oxygen atoms in total. The molecule has 182 valence electrons. The van der Waals surface area contributed by atoms with Gasteiger partial charge in [-0.15, -0.1) is 0 Å². The van der Waals surface area contributed by atoms with Crippen molar-refractivity contribution in [3.63, 3.8) is 0 Å². The second kappa shape index (κ2) is 10.3. The Morgan fingerprint density at radius 1 is 0.472 bits per heavy atom. The van der Waals surface area contributed by atoms with Crippen molar-refractivity contribution in [2.75, 3.05) is 0 Å². The lowest BCUT2D eigenvalue weighted by atomic mass is 10.1. The topological polar surface area (TPSA) is 18.5 Å². The zero-order valence-electron chi connectivity index (χ0n) is 20.9. The first-order valence-corrected chi connectivity index (χ1v) is 15.6. The Labute approximate surface area is 220 Å². The fourth-order valence-corrected chi connectivity index (χ4v) is 11.9. The van der Waals surface area contributed by atoms with Gasteiger partial charge in [0.15, 0.2) is 33.5 Å². The standard InChI is InChI=1S/C32H32O2S2/c1-3-13-31(35-27-19-9-5-15-23(27)33-24-16-6-10-20-28(24)35)32(14-4-2)36-29-21-11-7-17-25(29)34-26-18-8-12-22-30(26)36/h5-12,15-22,31-32H,3-4,13-14H2,1-2H3/q+2/t31-,32-/m0/s1. The molecule has 4 aromatic rings. The Hall–Kier alpha value is -2.82. The van der Waals surface area contributed by atoms with Crippen molar-refractivity contribution in [2.24, 2.45) is 0 Å². The quantitative estimate of drug-likeness (QED) is 0.230. The second-order valence-electron chi connectivity index (χ2n) is 9.32. The molecule has 2 atom stereocenters. The molecule has 0 fully saturated rings. The summed E-state index contributed by atoms with van der Waals surface area (Å²) in [7, 11) is -0.156. The summed E-state index contributed by atoms with van der Waals surface area (Å²) >= 11 is 0. The van der Waals surface area contributed by atoms with E-state index in [-0.39, 0.29) is 21.8 Å². The number of rotatable bonds is 7. The Bertz CT molecular complexity index is 1170. The van der Waals surface area contributed by atoms with E-state index in [1.54, 1.807) is 0 Å². The smallest absolute Gasteiger partial charge is 0.203 e. The number of para-hydroxylation sites is 4. The fraction of sp³-hybridized carbons (Fsp3) is 0.250. The first-order valence-electron chi connectivity index (χ1n) is 13.0. The summed E-state index contributed by atoms with van der Waals surface area (Å²) < 4.78 is 12.8. The normalized spacial score (nSPS) is 15.9. The zero-order valence-corrected chi connectivity index (χ0v) is 22.5. The maximum atomic E-state index is 6.42. The van der Waals surface area contributed by atoms with Gasteiger partial charge in [0.25, 0.3) is 0 Å². The molecular formula is C32H32O2S2+2. The maximum absolute atomic E-state index is 6.42. The van der Waals surface area contributed by atoms with Crippen LogP contribution in [0.15, 0.2) is 117 Å². The molecule has 2 heterocycles. The summed E-state index contributed by atoms with van der Waals surface area (Å²) in [4.78, 5) is 5.42. The van der Waals surface area contributed by atoms with Gasteiger partial charge in [0.2, 0.25) is 19.6 Å². The Balaban J connectivity index is 1.55. The highest BCUT2D eigenvalue weighted by Gasteiger charge is 2.55. The predicted molar refractivity (Wildman–Crippen MR) is 151 cm³/mol. The molecule has 0 N–H and O–H groups in total. The average molecular weight is 513 g/mol. The molecule has 0 saturated carbocycles. The van der Waals surface area contributed by atoms with Crippen LogP contribution in [0, 0.1) is 0 Å². The number of hydrogen-bond donors (Lipinski definition) is 0. The number of fused-ring (bicyclic) bond motifs is 4. The van der Waals surface area contributed by atoms with Crippen molar-refractivity contribution in [3.05, 3.63) is 97.1 Å². The van der Waals surface area contributed by atoms with E-state index in [2.05, 4.69) is 111 Å². The van der Waals surface area contributed by atoms with E-state index in [9.17, 15) is 0 Å². The van der Waals surface area contributed by atoms with Gasteiger partial charge in [0.05, 0.1) is 21.8 Å². The highest BCUT2D eigenvalue weighted by molar-refractivity contribution is 8.01. The summed E-state index contributed by atoms with van der Waals surface area (Å²) in [5.41, 5.74) is 0. The summed E-state index contributed by atoms with van der Waals surface area (Å²) in [6, 6.07) is 34.9. The van der Waals surface area contributed by atoms with Crippen molar-refractivity contribution < 1.29 is 9.47 Å². The number of hydrogen-bond acceptors (Lipinski definition) is 2. The first-order chi connectivity index (χ1) is 17.8.